The van der Waals surface area contributed by atoms with Crippen molar-refractivity contribution in [2.75, 3.05) is 5.73 Å². The van der Waals surface area contributed by atoms with E-state index in [-0.39, 0.29) is 0 Å². The molecule has 1 aromatic carbocycles. The van der Waals surface area contributed by atoms with Crippen LogP contribution in [0.4, 0.5) is 5.69 Å². The summed E-state index contributed by atoms with van der Waals surface area (Å²) in [5, 5.41) is 5.41. The van der Waals surface area contributed by atoms with E-state index in [9.17, 15) is 0 Å². The van der Waals surface area contributed by atoms with Crippen LogP contribution >= 0.6 is 15.9 Å². The molecule has 0 aliphatic heterocycles. The van der Waals surface area contributed by atoms with Gasteiger partial charge >= 0.3 is 0 Å². The van der Waals surface area contributed by atoms with Crippen LogP contribution in [-0.2, 0) is 7.05 Å². The summed E-state index contributed by atoms with van der Waals surface area (Å²) in [6.07, 6.45) is 0. The van der Waals surface area contributed by atoms with Gasteiger partial charge in [-0.3, -0.25) is 4.68 Å². The van der Waals surface area contributed by atoms with Gasteiger partial charge in [0, 0.05) is 16.9 Å². The highest BCUT2D eigenvalue weighted by Crippen LogP contribution is 2.27. The number of anilines is 1. The molecule has 1 heterocycles. The molecular formula is C9H10BrN3. The summed E-state index contributed by atoms with van der Waals surface area (Å²) in [5.41, 5.74) is 8.64. The Morgan fingerprint density at radius 3 is 2.85 bits per heavy atom. The molecule has 3 nitrogen and oxygen atoms in total. The van der Waals surface area contributed by atoms with Crippen LogP contribution in [0.1, 0.15) is 5.69 Å². The van der Waals surface area contributed by atoms with Crippen LogP contribution in [0.15, 0.2) is 16.6 Å². The molecule has 0 amide bonds. The highest BCUT2D eigenvalue weighted by Gasteiger charge is 2.08. The van der Waals surface area contributed by atoms with Crippen LogP contribution in [0.2, 0.25) is 0 Å². The number of hydrogen-bond acceptors (Lipinski definition) is 2. The lowest BCUT2D eigenvalue weighted by molar-refractivity contribution is 0.784. The van der Waals surface area contributed by atoms with Gasteiger partial charge in [-0.15, -0.1) is 0 Å². The van der Waals surface area contributed by atoms with Crippen molar-refractivity contribution >= 4 is 32.5 Å². The first-order valence-corrected chi connectivity index (χ1v) is 4.77. The summed E-state index contributed by atoms with van der Waals surface area (Å²) in [5.74, 6) is 0. The lowest BCUT2D eigenvalue weighted by Crippen LogP contribution is -1.94. The van der Waals surface area contributed by atoms with Gasteiger partial charge in [-0.05, 0) is 19.1 Å². The molecule has 2 N–H and O–H groups in total. The summed E-state index contributed by atoms with van der Waals surface area (Å²) < 4.78 is 2.81. The van der Waals surface area contributed by atoms with Crippen LogP contribution in [0, 0.1) is 6.92 Å². The molecule has 0 saturated heterocycles. The number of benzene rings is 1. The first-order valence-electron chi connectivity index (χ1n) is 3.98. The molecule has 0 spiro atoms. The van der Waals surface area contributed by atoms with Crippen LogP contribution in [-0.4, -0.2) is 9.78 Å². The number of nitrogen functional groups attached to an aromatic ring is 1. The maximum Gasteiger partial charge on any atom is 0.0911 e. The smallest absolute Gasteiger partial charge is 0.0911 e. The van der Waals surface area contributed by atoms with Crippen molar-refractivity contribution < 1.29 is 0 Å². The number of halogens is 1. The number of nitrogens with two attached hydrogens (primary N) is 1. The van der Waals surface area contributed by atoms with E-state index in [1.165, 1.54) is 0 Å². The number of aryl methyl sites for hydroxylation is 2. The molecule has 0 saturated carbocycles. The lowest BCUT2D eigenvalue weighted by atomic mass is 10.2. The third-order valence-corrected chi connectivity index (χ3v) is 2.58. The molecule has 13 heavy (non-hydrogen) atoms. The van der Waals surface area contributed by atoms with Gasteiger partial charge in [0.1, 0.15) is 0 Å². The molecule has 0 aliphatic rings. The van der Waals surface area contributed by atoms with Crippen molar-refractivity contribution in [3.05, 3.63) is 22.3 Å². The monoisotopic (exact) mass is 239 g/mol. The van der Waals surface area contributed by atoms with Gasteiger partial charge < -0.3 is 5.73 Å². The average molecular weight is 240 g/mol. The molecule has 0 atom stereocenters. The zero-order valence-electron chi connectivity index (χ0n) is 7.50. The Labute approximate surface area is 84.7 Å². The minimum atomic E-state index is 0.757. The molecule has 2 rings (SSSR count). The molecule has 0 unspecified atom stereocenters. The number of aromatic nitrogens is 2. The second-order valence-corrected chi connectivity index (χ2v) is 4.02. The molecule has 1 aromatic heterocycles. The predicted molar refractivity (Wildman–Crippen MR) is 57.6 cm³/mol. The van der Waals surface area contributed by atoms with Gasteiger partial charge in [-0.1, -0.05) is 15.9 Å². The third-order valence-electron chi connectivity index (χ3n) is 2.12. The predicted octanol–water partition coefficient (Wildman–Crippen LogP) is 2.23. The zero-order valence-corrected chi connectivity index (χ0v) is 9.09. The zero-order chi connectivity index (χ0) is 9.59. The Morgan fingerprint density at radius 2 is 2.15 bits per heavy atom. The fraction of sp³-hybridized carbons (Fsp3) is 0.222. The fourth-order valence-electron chi connectivity index (χ4n) is 1.59. The quantitative estimate of drug-likeness (QED) is 0.717. The van der Waals surface area contributed by atoms with E-state index in [2.05, 4.69) is 21.0 Å². The average Bonchev–Trinajstić information content (AvgIpc) is 2.27. The van der Waals surface area contributed by atoms with Gasteiger partial charge in [0.15, 0.2) is 0 Å². The Bertz CT molecular complexity index is 473. The van der Waals surface area contributed by atoms with Crippen molar-refractivity contribution in [1.29, 1.82) is 0 Å². The number of hydrogen-bond donors (Lipinski definition) is 1. The maximum absolute atomic E-state index is 5.88. The Kier molecular flexibility index (Phi) is 1.80. The molecule has 0 aliphatic carbocycles. The Balaban J connectivity index is 2.97. The SMILES string of the molecule is Cc1nn(C)c2c(N)cc(Br)cc12. The minimum absolute atomic E-state index is 0.757. The van der Waals surface area contributed by atoms with Crippen LogP contribution in [0.3, 0.4) is 0 Å². The van der Waals surface area contributed by atoms with Gasteiger partial charge in [0.05, 0.1) is 16.9 Å². The normalized spacial score (nSPS) is 11.0. The van der Waals surface area contributed by atoms with Gasteiger partial charge in [-0.25, -0.2) is 0 Å². The van der Waals surface area contributed by atoms with E-state index in [4.69, 9.17) is 5.73 Å². The van der Waals surface area contributed by atoms with E-state index in [1.54, 1.807) is 0 Å². The van der Waals surface area contributed by atoms with Crippen molar-refractivity contribution in [3.8, 4) is 0 Å². The molecule has 2 aromatic rings. The number of rotatable bonds is 0. The summed E-state index contributed by atoms with van der Waals surface area (Å²) in [6.45, 7) is 1.98. The molecule has 68 valence electrons. The van der Waals surface area contributed by atoms with E-state index < -0.39 is 0 Å². The van der Waals surface area contributed by atoms with Gasteiger partial charge in [-0.2, -0.15) is 5.10 Å². The number of fused-ring (bicyclic) bond motifs is 1. The van der Waals surface area contributed by atoms with E-state index in [1.807, 2.05) is 30.8 Å². The lowest BCUT2D eigenvalue weighted by Gasteiger charge is -1.99. The van der Waals surface area contributed by atoms with E-state index in [0.29, 0.717) is 0 Å². The minimum Gasteiger partial charge on any atom is -0.397 e. The van der Waals surface area contributed by atoms with Crippen molar-refractivity contribution in [3.63, 3.8) is 0 Å². The highest BCUT2D eigenvalue weighted by atomic mass is 79.9. The Morgan fingerprint density at radius 1 is 1.46 bits per heavy atom. The van der Waals surface area contributed by atoms with Crippen molar-refractivity contribution in [2.45, 2.75) is 6.92 Å². The third kappa shape index (κ3) is 1.21. The van der Waals surface area contributed by atoms with Crippen molar-refractivity contribution in [1.82, 2.24) is 9.78 Å². The standard InChI is InChI=1S/C9H10BrN3/c1-5-7-3-6(10)4-8(11)9(7)13(2)12-5/h3-4H,11H2,1-2H3. The van der Waals surface area contributed by atoms with Crippen LogP contribution in [0.5, 0.6) is 0 Å². The summed E-state index contributed by atoms with van der Waals surface area (Å²) in [4.78, 5) is 0. The van der Waals surface area contributed by atoms with Crippen molar-refractivity contribution in [2.24, 2.45) is 7.05 Å². The fourth-order valence-corrected chi connectivity index (χ4v) is 2.06. The highest BCUT2D eigenvalue weighted by molar-refractivity contribution is 9.10. The largest absolute Gasteiger partial charge is 0.397 e. The second-order valence-electron chi connectivity index (χ2n) is 3.10. The number of nitrogens with zero attached hydrogens (tertiary/aromatic N) is 2. The van der Waals surface area contributed by atoms with Crippen LogP contribution < -0.4 is 5.73 Å². The van der Waals surface area contributed by atoms with E-state index >= 15 is 0 Å². The topological polar surface area (TPSA) is 43.8 Å². The summed E-state index contributed by atoms with van der Waals surface area (Å²) >= 11 is 3.41. The molecule has 0 radical (unpaired) electrons. The summed E-state index contributed by atoms with van der Waals surface area (Å²) in [6, 6.07) is 3.93. The van der Waals surface area contributed by atoms with Gasteiger partial charge in [0.2, 0.25) is 0 Å². The molecule has 0 fully saturated rings. The molecule has 0 bridgehead atoms. The van der Waals surface area contributed by atoms with Gasteiger partial charge in [0.25, 0.3) is 0 Å². The molecule has 4 heteroatoms. The first kappa shape index (κ1) is 8.56. The first-order chi connectivity index (χ1) is 6.09. The van der Waals surface area contributed by atoms with Crippen LogP contribution in [0.25, 0.3) is 10.9 Å². The van der Waals surface area contributed by atoms with E-state index in [0.717, 1.165) is 26.8 Å². The summed E-state index contributed by atoms with van der Waals surface area (Å²) in [7, 11) is 1.90. The Hall–Kier alpha value is -1.03. The molecular weight excluding hydrogens is 230 g/mol. The maximum atomic E-state index is 5.88. The second kappa shape index (κ2) is 2.73.